The highest BCUT2D eigenvalue weighted by Crippen LogP contribution is 2.18. The maximum Gasteiger partial charge on any atom is 0.272 e. The van der Waals surface area contributed by atoms with Gasteiger partial charge in [0.2, 0.25) is 5.95 Å². The molecule has 1 N–H and O–H groups in total. The predicted molar refractivity (Wildman–Crippen MR) is 102 cm³/mol. The number of nitrogens with one attached hydrogen (secondary N) is 1. The number of nitrogens with zero attached hydrogens (tertiary/aromatic N) is 3. The Morgan fingerprint density at radius 1 is 1.30 bits per heavy atom. The van der Waals surface area contributed by atoms with Gasteiger partial charge in [-0.3, -0.25) is 4.79 Å². The molecule has 0 aliphatic carbocycles. The minimum Gasteiger partial charge on any atom is -0.497 e. The van der Waals surface area contributed by atoms with Crippen molar-refractivity contribution in [3.63, 3.8) is 0 Å². The zero-order chi connectivity index (χ0) is 19.4. The quantitative estimate of drug-likeness (QED) is 0.794. The van der Waals surface area contributed by atoms with E-state index < -0.39 is 9.84 Å². The average Bonchev–Trinajstić information content (AvgIpc) is 3.05. The Labute approximate surface area is 158 Å². The Hall–Kier alpha value is -2.68. The average molecular weight is 390 g/mol. The molecule has 0 bridgehead atoms. The Morgan fingerprint density at radius 2 is 2.04 bits per heavy atom. The zero-order valence-electron chi connectivity index (χ0n) is 15.3. The number of anilines is 1. The van der Waals surface area contributed by atoms with Crippen molar-refractivity contribution in [2.24, 2.45) is 0 Å². The van der Waals surface area contributed by atoms with Gasteiger partial charge in [-0.15, -0.1) is 0 Å². The molecular formula is C18H22N4O4S. The summed E-state index contributed by atoms with van der Waals surface area (Å²) in [5.41, 5.74) is 1.25. The summed E-state index contributed by atoms with van der Waals surface area (Å²) in [5, 5.41) is 3.09. The van der Waals surface area contributed by atoms with Gasteiger partial charge in [0.1, 0.15) is 11.4 Å². The fraction of sp³-hybridized carbons (Fsp3) is 0.389. The van der Waals surface area contributed by atoms with Gasteiger partial charge in [0.05, 0.1) is 18.6 Å². The van der Waals surface area contributed by atoms with Crippen LogP contribution >= 0.6 is 0 Å². The molecule has 1 atom stereocenters. The van der Waals surface area contributed by atoms with E-state index in [0.29, 0.717) is 18.9 Å². The van der Waals surface area contributed by atoms with Crippen LogP contribution in [0.1, 0.15) is 22.5 Å². The molecule has 1 aliphatic heterocycles. The van der Waals surface area contributed by atoms with Crippen LogP contribution < -0.4 is 10.1 Å². The molecule has 1 aromatic carbocycles. The van der Waals surface area contributed by atoms with E-state index in [1.165, 1.54) is 17.2 Å². The topological polar surface area (TPSA) is 101 Å². The summed E-state index contributed by atoms with van der Waals surface area (Å²) in [6, 6.07) is 8.80. The predicted octanol–water partition coefficient (Wildman–Crippen LogP) is 1.36. The van der Waals surface area contributed by atoms with Gasteiger partial charge in [0.15, 0.2) is 9.84 Å². The smallest absolute Gasteiger partial charge is 0.272 e. The van der Waals surface area contributed by atoms with Gasteiger partial charge in [-0.25, -0.2) is 18.4 Å². The summed E-state index contributed by atoms with van der Waals surface area (Å²) in [6.07, 6.45) is 1.97. The number of sulfone groups is 1. The second kappa shape index (κ2) is 7.91. The molecule has 9 heteroatoms. The van der Waals surface area contributed by atoms with Crippen molar-refractivity contribution in [2.45, 2.75) is 19.0 Å². The van der Waals surface area contributed by atoms with Gasteiger partial charge >= 0.3 is 0 Å². The van der Waals surface area contributed by atoms with Crippen molar-refractivity contribution >= 4 is 21.7 Å². The Kier molecular flexibility index (Phi) is 5.59. The van der Waals surface area contributed by atoms with Crippen LogP contribution in [0.3, 0.4) is 0 Å². The van der Waals surface area contributed by atoms with E-state index in [1.54, 1.807) is 14.2 Å². The van der Waals surface area contributed by atoms with Gasteiger partial charge in [0, 0.05) is 25.8 Å². The number of hydrogen-bond acceptors (Lipinski definition) is 7. The Bertz CT molecular complexity index is 915. The van der Waals surface area contributed by atoms with Gasteiger partial charge in [0.25, 0.3) is 5.91 Å². The number of methoxy groups -OCH3 is 1. The number of carbonyl (C=O) groups is 1. The van der Waals surface area contributed by atoms with Crippen LogP contribution in [0.15, 0.2) is 36.5 Å². The fourth-order valence-electron chi connectivity index (χ4n) is 2.91. The Balaban J connectivity index is 1.64. The molecule has 3 rings (SSSR count). The highest BCUT2D eigenvalue weighted by molar-refractivity contribution is 7.91. The summed E-state index contributed by atoms with van der Waals surface area (Å²) in [4.78, 5) is 22.5. The first-order valence-electron chi connectivity index (χ1n) is 8.55. The lowest BCUT2D eigenvalue weighted by molar-refractivity contribution is 0.0741. The van der Waals surface area contributed by atoms with E-state index >= 15 is 0 Å². The lowest BCUT2D eigenvalue weighted by atomic mass is 10.2. The first-order chi connectivity index (χ1) is 12.9. The van der Waals surface area contributed by atoms with E-state index in [2.05, 4.69) is 15.3 Å². The second-order valence-electron chi connectivity index (χ2n) is 6.44. The summed E-state index contributed by atoms with van der Waals surface area (Å²) < 4.78 is 28.4. The summed E-state index contributed by atoms with van der Waals surface area (Å²) in [7, 11) is 0.168. The largest absolute Gasteiger partial charge is 0.497 e. The number of ether oxygens (including phenoxy) is 1. The van der Waals surface area contributed by atoms with Crippen LogP contribution in [0, 0.1) is 0 Å². The Morgan fingerprint density at radius 3 is 2.67 bits per heavy atom. The van der Waals surface area contributed by atoms with Crippen molar-refractivity contribution in [2.75, 3.05) is 31.0 Å². The lowest BCUT2D eigenvalue weighted by Gasteiger charge is -2.23. The molecule has 1 aromatic heterocycles. The monoisotopic (exact) mass is 390 g/mol. The second-order valence-corrected chi connectivity index (χ2v) is 8.67. The van der Waals surface area contributed by atoms with Crippen LogP contribution in [-0.4, -0.2) is 60.9 Å². The van der Waals surface area contributed by atoms with Gasteiger partial charge in [-0.05, 0) is 30.2 Å². The maximum atomic E-state index is 12.6. The van der Waals surface area contributed by atoms with Crippen molar-refractivity contribution in [1.82, 2.24) is 14.9 Å². The van der Waals surface area contributed by atoms with E-state index in [1.807, 2.05) is 24.3 Å². The summed E-state index contributed by atoms with van der Waals surface area (Å²) in [5.74, 6) is 0.923. The number of benzene rings is 1. The van der Waals surface area contributed by atoms with E-state index in [0.717, 1.165) is 11.3 Å². The third-order valence-electron chi connectivity index (χ3n) is 4.56. The van der Waals surface area contributed by atoms with Crippen LogP contribution in [-0.2, 0) is 16.4 Å². The number of carbonyl (C=O) groups excluding carboxylic acids is 1. The third-order valence-corrected chi connectivity index (χ3v) is 6.31. The zero-order valence-corrected chi connectivity index (χ0v) is 16.1. The lowest BCUT2D eigenvalue weighted by Crippen LogP contribution is -2.38. The molecular weight excluding hydrogens is 368 g/mol. The molecule has 0 saturated carbocycles. The number of aromatic nitrogens is 2. The van der Waals surface area contributed by atoms with E-state index in [4.69, 9.17) is 4.74 Å². The number of amides is 1. The molecule has 2 aromatic rings. The third kappa shape index (κ3) is 4.73. The van der Waals surface area contributed by atoms with Crippen LogP contribution in [0.5, 0.6) is 5.75 Å². The first kappa shape index (κ1) is 19.1. The maximum absolute atomic E-state index is 12.6. The highest BCUT2D eigenvalue weighted by atomic mass is 32.2. The first-order valence-corrected chi connectivity index (χ1v) is 10.4. The molecule has 2 heterocycles. The molecule has 1 amide bonds. The molecule has 8 nitrogen and oxygen atoms in total. The molecule has 0 spiro atoms. The van der Waals surface area contributed by atoms with Crippen LogP contribution in [0.25, 0.3) is 0 Å². The molecule has 0 radical (unpaired) electrons. The molecule has 1 unspecified atom stereocenters. The fourth-order valence-corrected chi connectivity index (χ4v) is 4.69. The number of rotatable bonds is 6. The standard InChI is InChI=1S/C18H22N4O4S/c1-22(14-8-10-27(24,25)12-14)17(23)16-7-9-19-18(21-16)20-11-13-3-5-15(26-2)6-4-13/h3-7,9,14H,8,10-12H2,1-2H3,(H,19,20,21). The van der Waals surface area contributed by atoms with Crippen molar-refractivity contribution in [1.29, 1.82) is 0 Å². The summed E-state index contributed by atoms with van der Waals surface area (Å²) in [6.45, 7) is 0.498. The van der Waals surface area contributed by atoms with E-state index in [9.17, 15) is 13.2 Å². The van der Waals surface area contributed by atoms with Crippen LogP contribution in [0.2, 0.25) is 0 Å². The number of hydrogen-bond donors (Lipinski definition) is 1. The van der Waals surface area contributed by atoms with Gasteiger partial charge in [-0.2, -0.15) is 0 Å². The highest BCUT2D eigenvalue weighted by Gasteiger charge is 2.33. The minimum atomic E-state index is -3.06. The molecule has 1 saturated heterocycles. The SMILES string of the molecule is COc1ccc(CNc2nccc(C(=O)N(C)C3CCS(=O)(=O)C3)n2)cc1. The van der Waals surface area contributed by atoms with Crippen molar-refractivity contribution in [3.8, 4) is 5.75 Å². The summed E-state index contributed by atoms with van der Waals surface area (Å²) >= 11 is 0. The van der Waals surface area contributed by atoms with Crippen molar-refractivity contribution < 1.29 is 17.9 Å². The molecule has 144 valence electrons. The van der Waals surface area contributed by atoms with Crippen molar-refractivity contribution in [3.05, 3.63) is 47.8 Å². The molecule has 27 heavy (non-hydrogen) atoms. The van der Waals surface area contributed by atoms with Gasteiger partial charge < -0.3 is 15.0 Å². The minimum absolute atomic E-state index is 0.00288. The molecule has 1 fully saturated rings. The van der Waals surface area contributed by atoms with Gasteiger partial charge in [-0.1, -0.05) is 12.1 Å². The van der Waals surface area contributed by atoms with Crippen LogP contribution in [0.4, 0.5) is 5.95 Å². The van der Waals surface area contributed by atoms with E-state index in [-0.39, 0.29) is 29.1 Å². The molecule has 1 aliphatic rings. The normalized spacial score (nSPS) is 18.1.